The van der Waals surface area contributed by atoms with Crippen molar-refractivity contribution in [1.29, 1.82) is 0 Å². The van der Waals surface area contributed by atoms with Crippen LogP contribution in [-0.2, 0) is 14.8 Å². The van der Waals surface area contributed by atoms with E-state index in [4.69, 9.17) is 14.2 Å². The van der Waals surface area contributed by atoms with Gasteiger partial charge in [-0.2, -0.15) is 9.78 Å². The van der Waals surface area contributed by atoms with Crippen molar-refractivity contribution in [3.63, 3.8) is 0 Å². The number of non-ortho nitro benzene ring substituents is 1. The Kier molecular flexibility index (Phi) is 9.15. The number of nitrogens with zero attached hydrogens (tertiary/aromatic N) is 3. The smallest absolute Gasteiger partial charge is 0.276 e. The molecule has 0 radical (unpaired) electrons. The average molecular weight is 600 g/mol. The quantitative estimate of drug-likeness (QED) is 0.138. The SMILES string of the molecule is COCCNS(=O)(=O)c1cc([N+](=O)[O-])ccc1Oc1c(C)c(C(=O)Nc2ccc(F)cc2)nn1-c1ccc(OC)cc1. The minimum Gasteiger partial charge on any atom is -0.497 e. The Morgan fingerprint density at radius 2 is 1.76 bits per heavy atom. The first-order chi connectivity index (χ1) is 20.0. The van der Waals surface area contributed by atoms with Crippen LogP contribution in [0.2, 0.25) is 0 Å². The molecule has 2 N–H and O–H groups in total. The molecule has 0 saturated heterocycles. The van der Waals surface area contributed by atoms with Crippen molar-refractivity contribution in [3.05, 3.63) is 93.9 Å². The van der Waals surface area contributed by atoms with Crippen LogP contribution in [0.4, 0.5) is 15.8 Å². The summed E-state index contributed by atoms with van der Waals surface area (Å²) in [6, 6.07) is 14.8. The second kappa shape index (κ2) is 12.8. The number of nitrogens with one attached hydrogen (secondary N) is 2. The molecule has 4 rings (SSSR count). The second-order valence-electron chi connectivity index (χ2n) is 8.73. The number of amides is 1. The fourth-order valence-electron chi connectivity index (χ4n) is 3.80. The van der Waals surface area contributed by atoms with Gasteiger partial charge in [-0.25, -0.2) is 17.5 Å². The highest BCUT2D eigenvalue weighted by Gasteiger charge is 2.28. The molecule has 3 aromatic carbocycles. The van der Waals surface area contributed by atoms with E-state index < -0.39 is 37.3 Å². The summed E-state index contributed by atoms with van der Waals surface area (Å²) in [6.45, 7) is 1.50. The van der Waals surface area contributed by atoms with Crippen molar-refractivity contribution in [2.24, 2.45) is 0 Å². The van der Waals surface area contributed by atoms with Gasteiger partial charge >= 0.3 is 0 Å². The molecule has 1 heterocycles. The normalized spacial score (nSPS) is 11.2. The zero-order valence-corrected chi connectivity index (χ0v) is 23.5. The zero-order chi connectivity index (χ0) is 30.4. The first-order valence-electron chi connectivity index (χ1n) is 12.3. The minimum atomic E-state index is -4.31. The van der Waals surface area contributed by atoms with E-state index in [1.165, 1.54) is 43.2 Å². The van der Waals surface area contributed by atoms with Crippen molar-refractivity contribution < 1.29 is 36.7 Å². The molecule has 0 aliphatic rings. The van der Waals surface area contributed by atoms with Gasteiger partial charge in [0.05, 0.1) is 24.3 Å². The number of sulfonamides is 1. The molecule has 0 saturated carbocycles. The fourth-order valence-corrected chi connectivity index (χ4v) is 4.96. The number of hydrogen-bond donors (Lipinski definition) is 2. The first-order valence-corrected chi connectivity index (χ1v) is 13.8. The molecule has 0 fully saturated rings. The highest BCUT2D eigenvalue weighted by molar-refractivity contribution is 7.89. The summed E-state index contributed by atoms with van der Waals surface area (Å²) in [5.41, 5.74) is 0.413. The standard InChI is InChI=1S/C27H26FN5O8S/c1-17-25(26(34)30-19-6-4-18(28)5-7-19)31-32(20-8-11-22(40-3)12-9-20)27(17)41-23-13-10-21(33(35)36)16-24(23)42(37,38)29-14-15-39-2/h4-13,16,29H,14-15H2,1-3H3,(H,30,34). The summed E-state index contributed by atoms with van der Waals surface area (Å²) in [6.07, 6.45) is 0. The molecule has 42 heavy (non-hydrogen) atoms. The molecular formula is C27H26FN5O8S. The van der Waals surface area contributed by atoms with Gasteiger partial charge in [0.15, 0.2) is 5.69 Å². The van der Waals surface area contributed by atoms with Crippen LogP contribution >= 0.6 is 0 Å². The third kappa shape index (κ3) is 6.71. The number of benzene rings is 3. The van der Waals surface area contributed by atoms with Gasteiger partial charge in [0.2, 0.25) is 15.9 Å². The largest absolute Gasteiger partial charge is 0.497 e. The number of halogens is 1. The Morgan fingerprint density at radius 3 is 2.38 bits per heavy atom. The number of ether oxygens (including phenoxy) is 3. The molecular weight excluding hydrogens is 573 g/mol. The van der Waals surface area contributed by atoms with Gasteiger partial charge in [-0.05, 0) is 61.5 Å². The Balaban J connectivity index is 1.82. The average Bonchev–Trinajstić information content (AvgIpc) is 3.30. The molecule has 0 atom stereocenters. The van der Waals surface area contributed by atoms with Crippen LogP contribution in [0.5, 0.6) is 17.4 Å². The monoisotopic (exact) mass is 599 g/mol. The molecule has 0 spiro atoms. The lowest BCUT2D eigenvalue weighted by molar-refractivity contribution is -0.385. The lowest BCUT2D eigenvalue weighted by Gasteiger charge is -2.14. The van der Waals surface area contributed by atoms with Gasteiger partial charge in [0.1, 0.15) is 22.2 Å². The molecule has 1 aromatic heterocycles. The number of carbonyl (C=O) groups is 1. The summed E-state index contributed by atoms with van der Waals surface area (Å²) < 4.78 is 59.4. The molecule has 0 aliphatic carbocycles. The van der Waals surface area contributed by atoms with E-state index in [1.54, 1.807) is 31.2 Å². The molecule has 15 heteroatoms. The summed E-state index contributed by atoms with van der Waals surface area (Å²) in [7, 11) is -1.42. The van der Waals surface area contributed by atoms with E-state index in [-0.39, 0.29) is 36.0 Å². The fraction of sp³-hybridized carbons (Fsp3) is 0.185. The van der Waals surface area contributed by atoms with E-state index >= 15 is 0 Å². The Hall–Kier alpha value is -4.86. The van der Waals surface area contributed by atoms with E-state index in [1.807, 2.05) is 0 Å². The van der Waals surface area contributed by atoms with E-state index in [0.29, 0.717) is 17.1 Å². The van der Waals surface area contributed by atoms with Crippen molar-refractivity contribution >= 4 is 27.3 Å². The predicted octanol–water partition coefficient (Wildman–Crippen LogP) is 4.21. The van der Waals surface area contributed by atoms with Crippen LogP contribution < -0.4 is 19.5 Å². The topological polar surface area (TPSA) is 164 Å². The summed E-state index contributed by atoms with van der Waals surface area (Å²) in [5, 5.41) is 18.5. The van der Waals surface area contributed by atoms with Gasteiger partial charge in [-0.3, -0.25) is 14.9 Å². The Bertz CT molecular complexity index is 1710. The van der Waals surface area contributed by atoms with E-state index in [2.05, 4.69) is 15.1 Å². The number of aromatic nitrogens is 2. The molecule has 0 aliphatic heterocycles. The van der Waals surface area contributed by atoms with Crippen LogP contribution in [0.25, 0.3) is 5.69 Å². The highest BCUT2D eigenvalue weighted by atomic mass is 32.2. The Labute approximate surface area is 240 Å². The molecule has 0 bridgehead atoms. The van der Waals surface area contributed by atoms with Crippen LogP contribution in [0.1, 0.15) is 16.1 Å². The van der Waals surface area contributed by atoms with Crippen molar-refractivity contribution in [2.45, 2.75) is 11.8 Å². The van der Waals surface area contributed by atoms with Crippen molar-refractivity contribution in [3.8, 4) is 23.1 Å². The summed E-state index contributed by atoms with van der Waals surface area (Å²) in [4.78, 5) is 23.4. The van der Waals surface area contributed by atoms with E-state index in [9.17, 15) is 27.7 Å². The number of nitro groups is 1. The maximum Gasteiger partial charge on any atom is 0.276 e. The second-order valence-corrected chi connectivity index (χ2v) is 10.5. The van der Waals surface area contributed by atoms with E-state index in [0.717, 1.165) is 18.2 Å². The zero-order valence-electron chi connectivity index (χ0n) is 22.7. The maximum absolute atomic E-state index is 13.3. The predicted molar refractivity (Wildman–Crippen MR) is 149 cm³/mol. The van der Waals surface area contributed by atoms with Gasteiger partial charge < -0.3 is 19.5 Å². The third-order valence-electron chi connectivity index (χ3n) is 5.94. The maximum atomic E-state index is 13.3. The van der Waals surface area contributed by atoms with Gasteiger partial charge in [0, 0.05) is 37.0 Å². The molecule has 1 amide bonds. The van der Waals surface area contributed by atoms with Gasteiger partial charge in [-0.15, -0.1) is 0 Å². The summed E-state index contributed by atoms with van der Waals surface area (Å²) >= 11 is 0. The van der Waals surface area contributed by atoms with Gasteiger partial charge in [0.25, 0.3) is 11.6 Å². The third-order valence-corrected chi connectivity index (χ3v) is 7.42. The van der Waals surface area contributed by atoms with Gasteiger partial charge in [-0.1, -0.05) is 0 Å². The van der Waals surface area contributed by atoms with Crippen molar-refractivity contribution in [1.82, 2.24) is 14.5 Å². The lowest BCUT2D eigenvalue weighted by atomic mass is 10.2. The number of carbonyl (C=O) groups excluding carboxylic acids is 1. The molecule has 4 aromatic rings. The Morgan fingerprint density at radius 1 is 1.07 bits per heavy atom. The molecule has 220 valence electrons. The lowest BCUT2D eigenvalue weighted by Crippen LogP contribution is -2.27. The molecule has 0 unspecified atom stereocenters. The van der Waals surface area contributed by atoms with Crippen LogP contribution in [-0.4, -0.2) is 56.4 Å². The van der Waals surface area contributed by atoms with Crippen LogP contribution in [0.3, 0.4) is 0 Å². The number of methoxy groups -OCH3 is 2. The number of nitro benzene ring substituents is 1. The van der Waals surface area contributed by atoms with Crippen LogP contribution in [0.15, 0.2) is 71.6 Å². The van der Waals surface area contributed by atoms with Crippen molar-refractivity contribution in [2.75, 3.05) is 32.7 Å². The summed E-state index contributed by atoms with van der Waals surface area (Å²) in [5.74, 6) is -0.867. The highest BCUT2D eigenvalue weighted by Crippen LogP contribution is 2.36. The van der Waals surface area contributed by atoms with Crippen LogP contribution in [0, 0.1) is 22.9 Å². The number of rotatable bonds is 12. The first kappa shape index (κ1) is 30.1. The number of anilines is 1. The minimum absolute atomic E-state index is 0.0355. The molecule has 13 nitrogen and oxygen atoms in total. The number of hydrogen-bond acceptors (Lipinski definition) is 9.